The van der Waals surface area contributed by atoms with Gasteiger partial charge in [0.25, 0.3) is 5.91 Å². The first-order chi connectivity index (χ1) is 14.9. The van der Waals surface area contributed by atoms with Crippen LogP contribution in [0.4, 0.5) is 11.4 Å². The fourth-order valence-corrected chi connectivity index (χ4v) is 5.51. The molecule has 8 nitrogen and oxygen atoms in total. The van der Waals surface area contributed by atoms with E-state index in [1.54, 1.807) is 30.3 Å². The summed E-state index contributed by atoms with van der Waals surface area (Å²) in [7, 11) is -3.62. The van der Waals surface area contributed by atoms with Gasteiger partial charge in [-0.05, 0) is 50.1 Å². The maximum atomic E-state index is 13.2. The summed E-state index contributed by atoms with van der Waals surface area (Å²) in [6, 6.07) is 10.2. The summed E-state index contributed by atoms with van der Waals surface area (Å²) in [6.07, 6.45) is 2.79. The van der Waals surface area contributed by atoms with Crippen LogP contribution in [0.5, 0.6) is 0 Å². The van der Waals surface area contributed by atoms with Gasteiger partial charge < -0.3 is 15.0 Å². The number of rotatable bonds is 5. The van der Waals surface area contributed by atoms with Crippen molar-refractivity contribution >= 4 is 27.3 Å². The van der Waals surface area contributed by atoms with Crippen LogP contribution in [-0.2, 0) is 14.8 Å². The molecule has 1 aromatic heterocycles. The minimum Gasteiger partial charge on any atom is -0.378 e. The molecule has 2 saturated heterocycles. The molecule has 2 aliphatic heterocycles. The van der Waals surface area contributed by atoms with Gasteiger partial charge in [-0.25, -0.2) is 13.4 Å². The molecule has 0 spiro atoms. The first-order valence-electron chi connectivity index (χ1n) is 10.7. The summed E-state index contributed by atoms with van der Waals surface area (Å²) in [4.78, 5) is 19.5. The number of aryl methyl sites for hydroxylation is 1. The molecule has 0 radical (unpaired) electrons. The van der Waals surface area contributed by atoms with Crippen LogP contribution >= 0.6 is 0 Å². The molecule has 2 aromatic rings. The number of aromatic nitrogens is 1. The highest BCUT2D eigenvalue weighted by Crippen LogP contribution is 2.32. The van der Waals surface area contributed by atoms with Crippen molar-refractivity contribution in [2.45, 2.75) is 31.1 Å². The van der Waals surface area contributed by atoms with Crippen molar-refractivity contribution in [2.75, 3.05) is 49.6 Å². The molecular formula is C22H28N4O4S. The molecule has 1 amide bonds. The van der Waals surface area contributed by atoms with E-state index in [0.29, 0.717) is 45.1 Å². The molecule has 3 heterocycles. The number of carbonyl (C=O) groups excluding carboxylic acids is 1. The number of nitrogens with one attached hydrogen (secondary N) is 1. The van der Waals surface area contributed by atoms with Crippen molar-refractivity contribution in [1.82, 2.24) is 9.29 Å². The highest BCUT2D eigenvalue weighted by molar-refractivity contribution is 7.89. The van der Waals surface area contributed by atoms with Crippen LogP contribution in [0.1, 0.15) is 35.4 Å². The number of nitrogens with zero attached hydrogens (tertiary/aromatic N) is 3. The predicted octanol–water partition coefficient (Wildman–Crippen LogP) is 2.65. The number of pyridine rings is 1. The van der Waals surface area contributed by atoms with Crippen LogP contribution in [-0.4, -0.2) is 63.0 Å². The standard InChI is InChI=1S/C22H28N4O4S/c1-17-6-5-7-19(23-17)22(27)24-20-16-18(31(28,29)26-10-3-2-4-11-26)8-9-21(20)25-12-14-30-15-13-25/h5-9,16H,2-4,10-15H2,1H3,(H,24,27). The van der Waals surface area contributed by atoms with Crippen LogP contribution in [0.15, 0.2) is 41.3 Å². The van der Waals surface area contributed by atoms with Gasteiger partial charge in [-0.1, -0.05) is 12.5 Å². The zero-order valence-corrected chi connectivity index (χ0v) is 18.5. The van der Waals surface area contributed by atoms with Gasteiger partial charge in [0.1, 0.15) is 5.69 Å². The fraction of sp³-hybridized carbons (Fsp3) is 0.455. The van der Waals surface area contributed by atoms with Crippen molar-refractivity contribution in [3.63, 3.8) is 0 Å². The quantitative estimate of drug-likeness (QED) is 0.762. The highest BCUT2D eigenvalue weighted by atomic mass is 32.2. The van der Waals surface area contributed by atoms with Crippen molar-refractivity contribution in [2.24, 2.45) is 0 Å². The molecule has 9 heteroatoms. The van der Waals surface area contributed by atoms with Crippen LogP contribution in [0.25, 0.3) is 0 Å². The van der Waals surface area contributed by atoms with Crippen molar-refractivity contribution in [1.29, 1.82) is 0 Å². The largest absolute Gasteiger partial charge is 0.378 e. The van der Waals surface area contributed by atoms with Crippen LogP contribution < -0.4 is 10.2 Å². The molecule has 1 N–H and O–H groups in total. The molecule has 2 fully saturated rings. The van der Waals surface area contributed by atoms with Crippen LogP contribution in [0, 0.1) is 6.92 Å². The third-order valence-corrected chi connectivity index (χ3v) is 7.54. The Bertz CT molecular complexity index is 1050. The van der Waals surface area contributed by atoms with E-state index < -0.39 is 10.0 Å². The molecule has 0 saturated carbocycles. The van der Waals surface area contributed by atoms with Gasteiger partial charge in [-0.15, -0.1) is 0 Å². The molecule has 4 rings (SSSR count). The lowest BCUT2D eigenvalue weighted by Gasteiger charge is -2.31. The number of benzene rings is 1. The Morgan fingerprint density at radius 1 is 1.03 bits per heavy atom. The fourth-order valence-electron chi connectivity index (χ4n) is 3.97. The number of morpholine rings is 1. The molecule has 2 aliphatic rings. The SMILES string of the molecule is Cc1cccc(C(=O)Nc2cc(S(=O)(=O)N3CCCCC3)ccc2N2CCOCC2)n1. The minimum atomic E-state index is -3.62. The van der Waals surface area contributed by atoms with E-state index in [-0.39, 0.29) is 16.5 Å². The first kappa shape index (κ1) is 21.7. The van der Waals surface area contributed by atoms with Gasteiger partial charge in [0.15, 0.2) is 0 Å². The molecule has 0 bridgehead atoms. The molecule has 31 heavy (non-hydrogen) atoms. The van der Waals surface area contributed by atoms with Gasteiger partial charge in [0.2, 0.25) is 10.0 Å². The van der Waals surface area contributed by atoms with E-state index in [4.69, 9.17) is 4.74 Å². The number of piperidine rings is 1. The van der Waals surface area contributed by atoms with E-state index in [1.165, 1.54) is 4.31 Å². The topological polar surface area (TPSA) is 91.8 Å². The normalized spacial score (nSPS) is 18.0. The Hall–Kier alpha value is -2.49. The molecule has 0 atom stereocenters. The third kappa shape index (κ3) is 4.89. The number of hydrogen-bond acceptors (Lipinski definition) is 6. The monoisotopic (exact) mass is 444 g/mol. The summed E-state index contributed by atoms with van der Waals surface area (Å²) < 4.78 is 33.4. The van der Waals surface area contributed by atoms with Crippen LogP contribution in [0.2, 0.25) is 0 Å². The van der Waals surface area contributed by atoms with Gasteiger partial charge >= 0.3 is 0 Å². The number of sulfonamides is 1. The summed E-state index contributed by atoms with van der Waals surface area (Å²) in [5.41, 5.74) is 2.27. The molecular weight excluding hydrogens is 416 g/mol. The molecule has 0 aliphatic carbocycles. The van der Waals surface area contributed by atoms with Gasteiger partial charge in [0.05, 0.1) is 29.5 Å². The lowest BCUT2D eigenvalue weighted by molar-refractivity contribution is 0.102. The summed E-state index contributed by atoms with van der Waals surface area (Å²) in [5, 5.41) is 2.90. The Balaban J connectivity index is 1.68. The predicted molar refractivity (Wildman–Crippen MR) is 119 cm³/mol. The second-order valence-electron chi connectivity index (χ2n) is 7.86. The second-order valence-corrected chi connectivity index (χ2v) is 9.80. The average Bonchev–Trinajstić information content (AvgIpc) is 2.80. The van der Waals surface area contributed by atoms with Crippen molar-refractivity contribution in [3.05, 3.63) is 47.8 Å². The Labute approximate surface area is 183 Å². The minimum absolute atomic E-state index is 0.193. The van der Waals surface area contributed by atoms with E-state index in [9.17, 15) is 13.2 Å². The molecule has 0 unspecified atom stereocenters. The van der Waals surface area contributed by atoms with Crippen LogP contribution in [0.3, 0.4) is 0 Å². The Kier molecular flexibility index (Phi) is 6.54. The number of ether oxygens (including phenoxy) is 1. The highest BCUT2D eigenvalue weighted by Gasteiger charge is 2.28. The number of amides is 1. The Morgan fingerprint density at radius 3 is 2.48 bits per heavy atom. The average molecular weight is 445 g/mol. The molecule has 1 aromatic carbocycles. The lowest BCUT2D eigenvalue weighted by atomic mass is 10.2. The summed E-state index contributed by atoms with van der Waals surface area (Å²) >= 11 is 0. The number of anilines is 2. The number of hydrogen-bond donors (Lipinski definition) is 1. The zero-order chi connectivity index (χ0) is 21.8. The van der Waals surface area contributed by atoms with E-state index in [1.807, 2.05) is 13.0 Å². The van der Waals surface area contributed by atoms with Gasteiger partial charge in [-0.2, -0.15) is 4.31 Å². The Morgan fingerprint density at radius 2 is 1.77 bits per heavy atom. The van der Waals surface area contributed by atoms with E-state index in [0.717, 1.165) is 30.6 Å². The maximum Gasteiger partial charge on any atom is 0.274 e. The van der Waals surface area contributed by atoms with Gasteiger partial charge in [-0.3, -0.25) is 4.79 Å². The van der Waals surface area contributed by atoms with Crippen molar-refractivity contribution < 1.29 is 17.9 Å². The zero-order valence-electron chi connectivity index (χ0n) is 17.7. The second kappa shape index (κ2) is 9.33. The number of carbonyl (C=O) groups is 1. The summed E-state index contributed by atoms with van der Waals surface area (Å²) in [5.74, 6) is -0.370. The van der Waals surface area contributed by atoms with Gasteiger partial charge in [0, 0.05) is 31.9 Å². The molecule has 166 valence electrons. The third-order valence-electron chi connectivity index (χ3n) is 5.64. The smallest absolute Gasteiger partial charge is 0.274 e. The van der Waals surface area contributed by atoms with E-state index >= 15 is 0 Å². The van der Waals surface area contributed by atoms with E-state index in [2.05, 4.69) is 15.2 Å². The summed E-state index contributed by atoms with van der Waals surface area (Å²) in [6.45, 7) is 5.39. The maximum absolute atomic E-state index is 13.2. The lowest BCUT2D eigenvalue weighted by Crippen LogP contribution is -2.37. The van der Waals surface area contributed by atoms with Crippen molar-refractivity contribution in [3.8, 4) is 0 Å². The first-order valence-corrected chi connectivity index (χ1v) is 12.1.